The van der Waals surface area contributed by atoms with E-state index >= 15 is 0 Å². The number of benzene rings is 3. The Morgan fingerprint density at radius 3 is 2.29 bits per heavy atom. The monoisotopic (exact) mass is 475 g/mol. The summed E-state index contributed by atoms with van der Waals surface area (Å²) in [6.07, 6.45) is 0.532. The Labute approximate surface area is 187 Å². The number of aliphatic imine (C=N–C) groups is 1. The van der Waals surface area contributed by atoms with Gasteiger partial charge in [0, 0.05) is 0 Å². The number of amides is 1. The van der Waals surface area contributed by atoms with E-state index in [2.05, 4.69) is 17.0 Å². The van der Waals surface area contributed by atoms with E-state index in [0.717, 1.165) is 17.1 Å². The molecule has 0 saturated carbocycles. The number of carbonyl (C=O) groups is 1. The van der Waals surface area contributed by atoms with E-state index in [1.807, 2.05) is 60.7 Å². The molecule has 2 heterocycles. The van der Waals surface area contributed by atoms with Gasteiger partial charge in [0.1, 0.15) is 0 Å². The molecule has 5 rings (SSSR count). The average Bonchev–Trinajstić information content (AvgIpc) is 3.11. The zero-order valence-electron chi connectivity index (χ0n) is 16.8. The predicted octanol–water partition coefficient (Wildman–Crippen LogP) is 2.89. The molecule has 1 amide bonds. The molecule has 0 fully saturated rings. The Balaban J connectivity index is 1.49. The van der Waals surface area contributed by atoms with Crippen LogP contribution in [-0.4, -0.2) is 49.8 Å². The number of anilines is 1. The van der Waals surface area contributed by atoms with Gasteiger partial charge in [0.05, 0.1) is 0 Å². The minimum absolute atomic E-state index is 0.0244. The van der Waals surface area contributed by atoms with Crippen LogP contribution in [0.1, 0.15) is 5.56 Å². The van der Waals surface area contributed by atoms with Gasteiger partial charge in [0.2, 0.25) is 0 Å². The molecular formula is C25H21N3O2Se. The van der Waals surface area contributed by atoms with Crippen LogP contribution in [0.3, 0.4) is 0 Å². The second-order valence-corrected chi connectivity index (χ2v) is 9.92. The van der Waals surface area contributed by atoms with Gasteiger partial charge in [0.15, 0.2) is 0 Å². The third kappa shape index (κ3) is 4.13. The van der Waals surface area contributed by atoms with Crippen molar-refractivity contribution in [1.29, 1.82) is 0 Å². The number of nitrogens with zero attached hydrogens (tertiary/aromatic N) is 3. The molecule has 0 radical (unpaired) electrons. The number of aromatic hydroxyl groups is 1. The van der Waals surface area contributed by atoms with Crippen LogP contribution in [0.5, 0.6) is 5.75 Å². The fourth-order valence-electron chi connectivity index (χ4n) is 3.75. The van der Waals surface area contributed by atoms with Crippen molar-refractivity contribution in [3.8, 4) is 5.75 Å². The van der Waals surface area contributed by atoms with Gasteiger partial charge in [-0.15, -0.1) is 0 Å². The van der Waals surface area contributed by atoms with Crippen molar-refractivity contribution in [2.45, 2.75) is 6.42 Å². The van der Waals surface area contributed by atoms with Crippen molar-refractivity contribution in [3.63, 3.8) is 0 Å². The van der Waals surface area contributed by atoms with Crippen LogP contribution in [-0.2, 0) is 11.2 Å². The van der Waals surface area contributed by atoms with Gasteiger partial charge in [-0.3, -0.25) is 0 Å². The summed E-state index contributed by atoms with van der Waals surface area (Å²) in [6.45, 7) is 1.16. The van der Waals surface area contributed by atoms with Gasteiger partial charge < -0.3 is 0 Å². The fraction of sp³-hybridized carbons (Fsp3) is 0.120. The molecule has 6 heteroatoms. The first-order chi connectivity index (χ1) is 15.2. The molecule has 2 aliphatic heterocycles. The first kappa shape index (κ1) is 19.6. The maximum absolute atomic E-state index is 13.3. The van der Waals surface area contributed by atoms with Crippen LogP contribution < -0.4 is 9.36 Å². The van der Waals surface area contributed by atoms with Crippen molar-refractivity contribution < 1.29 is 9.90 Å². The molecule has 0 bridgehead atoms. The SMILES string of the molecule is O=C1C(Cc2ccccc2)=NC2=C([Se]c3ccccc3)CN(c3ccc(O)cc3)CN12. The van der Waals surface area contributed by atoms with E-state index in [4.69, 9.17) is 4.99 Å². The van der Waals surface area contributed by atoms with Crippen molar-refractivity contribution in [3.05, 3.63) is 101 Å². The molecule has 0 saturated heterocycles. The molecule has 0 atom stereocenters. The van der Waals surface area contributed by atoms with Crippen molar-refractivity contribution >= 4 is 36.7 Å². The maximum atomic E-state index is 13.3. The summed E-state index contributed by atoms with van der Waals surface area (Å²) in [5.41, 5.74) is 2.65. The van der Waals surface area contributed by atoms with Crippen LogP contribution in [0.15, 0.2) is 100 Å². The van der Waals surface area contributed by atoms with E-state index in [1.54, 1.807) is 17.0 Å². The van der Waals surface area contributed by atoms with Gasteiger partial charge in [-0.1, -0.05) is 0 Å². The van der Waals surface area contributed by atoms with Gasteiger partial charge in [-0.05, 0) is 0 Å². The molecule has 3 aromatic carbocycles. The molecule has 0 aromatic heterocycles. The van der Waals surface area contributed by atoms with E-state index < -0.39 is 0 Å². The van der Waals surface area contributed by atoms with E-state index in [9.17, 15) is 9.90 Å². The summed E-state index contributed by atoms with van der Waals surface area (Å²) in [6, 6.07) is 27.5. The molecule has 0 unspecified atom stereocenters. The number of hydrogen-bond donors (Lipinski definition) is 1. The van der Waals surface area contributed by atoms with Crippen LogP contribution in [0.25, 0.3) is 0 Å². The molecule has 3 aromatic rings. The third-order valence-corrected chi connectivity index (χ3v) is 7.53. The molecule has 31 heavy (non-hydrogen) atoms. The van der Waals surface area contributed by atoms with Crippen LogP contribution in [0.2, 0.25) is 0 Å². The number of phenolic OH excluding ortho intramolecular Hbond substituents is 1. The van der Waals surface area contributed by atoms with Crippen molar-refractivity contribution in [2.24, 2.45) is 4.99 Å². The van der Waals surface area contributed by atoms with Gasteiger partial charge in [0.25, 0.3) is 0 Å². The zero-order chi connectivity index (χ0) is 21.2. The summed E-state index contributed by atoms with van der Waals surface area (Å²) >= 11 is 0.0520. The minimum atomic E-state index is -0.0244. The van der Waals surface area contributed by atoms with E-state index in [0.29, 0.717) is 25.3 Å². The first-order valence-electron chi connectivity index (χ1n) is 10.1. The Morgan fingerprint density at radius 1 is 0.903 bits per heavy atom. The molecule has 5 nitrogen and oxygen atoms in total. The number of hydrogen-bond acceptors (Lipinski definition) is 4. The Bertz CT molecular complexity index is 1160. The van der Waals surface area contributed by atoms with Crippen molar-refractivity contribution in [1.82, 2.24) is 4.90 Å². The Morgan fingerprint density at radius 2 is 1.58 bits per heavy atom. The summed E-state index contributed by atoms with van der Waals surface area (Å²) in [7, 11) is 0. The number of carbonyl (C=O) groups excluding carboxylic acids is 1. The molecule has 1 N–H and O–H groups in total. The third-order valence-electron chi connectivity index (χ3n) is 5.30. The summed E-state index contributed by atoms with van der Waals surface area (Å²) < 4.78 is 2.43. The second kappa shape index (κ2) is 8.42. The van der Waals surface area contributed by atoms with Gasteiger partial charge >= 0.3 is 188 Å². The Hall–Kier alpha value is -3.34. The quantitative estimate of drug-likeness (QED) is 0.579. The molecule has 2 aliphatic rings. The standard InChI is InChI=1S/C25H21N3O2Se/c29-20-13-11-19(12-14-20)27-16-23(31-21-9-5-2-6-10-21)24-26-22(25(30)28(24)17-27)15-18-7-3-1-4-8-18/h1-14,29H,15-17H2. The van der Waals surface area contributed by atoms with Gasteiger partial charge in [-0.2, -0.15) is 0 Å². The number of phenols is 1. The van der Waals surface area contributed by atoms with Crippen LogP contribution >= 0.6 is 0 Å². The van der Waals surface area contributed by atoms with E-state index in [-0.39, 0.29) is 26.6 Å². The molecular weight excluding hydrogens is 453 g/mol. The molecule has 154 valence electrons. The van der Waals surface area contributed by atoms with Gasteiger partial charge in [-0.25, -0.2) is 0 Å². The molecule has 0 aliphatic carbocycles. The van der Waals surface area contributed by atoms with E-state index in [1.165, 1.54) is 8.93 Å². The Kier molecular flexibility index (Phi) is 5.33. The summed E-state index contributed by atoms with van der Waals surface area (Å²) in [4.78, 5) is 22.1. The average molecular weight is 474 g/mol. The predicted molar refractivity (Wildman–Crippen MR) is 124 cm³/mol. The second-order valence-electron chi connectivity index (χ2n) is 7.47. The summed E-state index contributed by atoms with van der Waals surface area (Å²) in [5, 5.41) is 9.66. The number of rotatable bonds is 5. The first-order valence-corrected chi connectivity index (χ1v) is 11.8. The number of fused-ring (bicyclic) bond motifs is 1. The summed E-state index contributed by atoms with van der Waals surface area (Å²) in [5.74, 6) is 1.02. The molecule has 0 spiro atoms. The van der Waals surface area contributed by atoms with Crippen LogP contribution in [0.4, 0.5) is 5.69 Å². The fourth-order valence-corrected chi connectivity index (χ4v) is 5.94. The zero-order valence-corrected chi connectivity index (χ0v) is 18.5. The topological polar surface area (TPSA) is 56.1 Å². The van der Waals surface area contributed by atoms with Crippen LogP contribution in [0, 0.1) is 0 Å². The van der Waals surface area contributed by atoms with Crippen molar-refractivity contribution in [2.75, 3.05) is 18.1 Å². The normalized spacial score (nSPS) is 15.9.